The van der Waals surface area contributed by atoms with Gasteiger partial charge in [-0.25, -0.2) is 0 Å². The van der Waals surface area contributed by atoms with Crippen LogP contribution < -0.4 is 10.6 Å². The Bertz CT molecular complexity index is 413. The molecule has 0 atom stereocenters. The third-order valence-corrected chi connectivity index (χ3v) is 2.81. The molecule has 1 aromatic carbocycles. The Kier molecular flexibility index (Phi) is 6.82. The number of amides is 1. The zero-order valence-electron chi connectivity index (χ0n) is 11.7. The Morgan fingerprint density at radius 1 is 1.11 bits per heavy atom. The van der Waals surface area contributed by atoms with Crippen LogP contribution in [0.1, 0.15) is 43.5 Å². The van der Waals surface area contributed by atoms with Crippen molar-refractivity contribution < 1.29 is 9.59 Å². The van der Waals surface area contributed by atoms with Crippen LogP contribution in [0.5, 0.6) is 0 Å². The smallest absolute Gasteiger partial charge is 0.225 e. The van der Waals surface area contributed by atoms with Gasteiger partial charge in [-0.2, -0.15) is 0 Å². The third kappa shape index (κ3) is 6.15. The molecule has 1 aromatic rings. The second-order valence-corrected chi connectivity index (χ2v) is 4.54. The van der Waals surface area contributed by atoms with E-state index in [1.807, 2.05) is 0 Å². The van der Waals surface area contributed by atoms with E-state index in [2.05, 4.69) is 17.6 Å². The standard InChI is InChI=1S/C15H22N2O2/c1-3-4-10-16-11-9-15(19)17-14-7-5-13(6-8-14)12(2)18/h5-8,16H,3-4,9-11H2,1-2H3,(H,17,19). The van der Waals surface area contributed by atoms with Crippen LogP contribution in [0.3, 0.4) is 0 Å². The molecule has 1 rings (SSSR count). The van der Waals surface area contributed by atoms with Crippen LogP contribution in [0.25, 0.3) is 0 Å². The van der Waals surface area contributed by atoms with Gasteiger partial charge in [-0.05, 0) is 44.2 Å². The number of anilines is 1. The van der Waals surface area contributed by atoms with Gasteiger partial charge in [0.05, 0.1) is 0 Å². The largest absolute Gasteiger partial charge is 0.326 e. The van der Waals surface area contributed by atoms with Crippen molar-refractivity contribution in [3.8, 4) is 0 Å². The highest BCUT2D eigenvalue weighted by atomic mass is 16.1. The number of ketones is 1. The SMILES string of the molecule is CCCCNCCC(=O)Nc1ccc(C(C)=O)cc1. The summed E-state index contributed by atoms with van der Waals surface area (Å²) in [4.78, 5) is 22.8. The summed E-state index contributed by atoms with van der Waals surface area (Å²) in [6.07, 6.45) is 2.74. The Hall–Kier alpha value is -1.68. The molecule has 0 unspecified atom stereocenters. The maximum absolute atomic E-state index is 11.6. The van der Waals surface area contributed by atoms with E-state index in [0.717, 1.165) is 25.1 Å². The van der Waals surface area contributed by atoms with E-state index in [-0.39, 0.29) is 11.7 Å². The molecule has 2 N–H and O–H groups in total. The molecule has 0 bridgehead atoms. The number of carbonyl (C=O) groups excluding carboxylic acids is 2. The lowest BCUT2D eigenvalue weighted by Crippen LogP contribution is -2.22. The van der Waals surface area contributed by atoms with E-state index in [1.54, 1.807) is 24.3 Å². The van der Waals surface area contributed by atoms with Crippen LogP contribution in [-0.2, 0) is 4.79 Å². The average Bonchev–Trinajstić information content (AvgIpc) is 2.39. The number of hydrogen-bond acceptors (Lipinski definition) is 3. The van der Waals surface area contributed by atoms with E-state index in [1.165, 1.54) is 6.92 Å². The highest BCUT2D eigenvalue weighted by Crippen LogP contribution is 2.10. The van der Waals surface area contributed by atoms with Crippen LogP contribution >= 0.6 is 0 Å². The second-order valence-electron chi connectivity index (χ2n) is 4.54. The van der Waals surface area contributed by atoms with Gasteiger partial charge in [0.25, 0.3) is 0 Å². The van der Waals surface area contributed by atoms with Crippen molar-refractivity contribution in [2.24, 2.45) is 0 Å². The van der Waals surface area contributed by atoms with Crippen LogP contribution in [-0.4, -0.2) is 24.8 Å². The Balaban J connectivity index is 2.30. The minimum absolute atomic E-state index is 0.0143. The highest BCUT2D eigenvalue weighted by Gasteiger charge is 2.03. The molecule has 4 heteroatoms. The van der Waals surface area contributed by atoms with Gasteiger partial charge >= 0.3 is 0 Å². The minimum Gasteiger partial charge on any atom is -0.326 e. The molecule has 0 saturated heterocycles. The Labute approximate surface area is 114 Å². The van der Waals surface area contributed by atoms with Gasteiger partial charge in [0.2, 0.25) is 5.91 Å². The number of nitrogens with one attached hydrogen (secondary N) is 2. The first-order valence-electron chi connectivity index (χ1n) is 6.75. The number of unbranched alkanes of at least 4 members (excludes halogenated alkanes) is 1. The molecule has 0 heterocycles. The molecular formula is C15H22N2O2. The molecule has 0 aliphatic rings. The van der Waals surface area contributed by atoms with Crippen molar-refractivity contribution in [3.05, 3.63) is 29.8 Å². The fourth-order valence-electron chi connectivity index (χ4n) is 1.64. The lowest BCUT2D eigenvalue weighted by Gasteiger charge is -2.06. The van der Waals surface area contributed by atoms with Crippen molar-refractivity contribution >= 4 is 17.4 Å². The molecule has 1 amide bonds. The quantitative estimate of drug-likeness (QED) is 0.559. The first-order chi connectivity index (χ1) is 9.13. The van der Waals surface area contributed by atoms with Gasteiger partial charge in [-0.15, -0.1) is 0 Å². The summed E-state index contributed by atoms with van der Waals surface area (Å²) < 4.78 is 0. The predicted octanol–water partition coefficient (Wildman–Crippen LogP) is 2.61. The normalized spacial score (nSPS) is 10.2. The van der Waals surface area contributed by atoms with Gasteiger partial charge in [0.15, 0.2) is 5.78 Å². The van der Waals surface area contributed by atoms with Gasteiger partial charge in [-0.3, -0.25) is 9.59 Å². The van der Waals surface area contributed by atoms with E-state index in [9.17, 15) is 9.59 Å². The Morgan fingerprint density at radius 2 is 1.79 bits per heavy atom. The monoisotopic (exact) mass is 262 g/mol. The first kappa shape index (κ1) is 15.4. The van der Waals surface area contributed by atoms with E-state index in [0.29, 0.717) is 18.5 Å². The van der Waals surface area contributed by atoms with Gasteiger partial charge in [-0.1, -0.05) is 13.3 Å². The molecule has 0 radical (unpaired) electrons. The fraction of sp³-hybridized carbons (Fsp3) is 0.467. The fourth-order valence-corrected chi connectivity index (χ4v) is 1.64. The summed E-state index contributed by atoms with van der Waals surface area (Å²) in [6, 6.07) is 6.94. The highest BCUT2D eigenvalue weighted by molar-refractivity contribution is 5.95. The zero-order valence-corrected chi connectivity index (χ0v) is 11.7. The van der Waals surface area contributed by atoms with E-state index in [4.69, 9.17) is 0 Å². The van der Waals surface area contributed by atoms with Crippen LogP contribution in [0.2, 0.25) is 0 Å². The van der Waals surface area contributed by atoms with Crippen molar-refractivity contribution in [2.75, 3.05) is 18.4 Å². The molecule has 0 aromatic heterocycles. The average molecular weight is 262 g/mol. The number of carbonyl (C=O) groups is 2. The van der Waals surface area contributed by atoms with Crippen LogP contribution in [0.4, 0.5) is 5.69 Å². The van der Waals surface area contributed by atoms with Crippen molar-refractivity contribution in [3.63, 3.8) is 0 Å². The molecule has 0 aliphatic carbocycles. The van der Waals surface area contributed by atoms with Crippen LogP contribution in [0, 0.1) is 0 Å². The molecule has 0 spiro atoms. The lowest BCUT2D eigenvalue weighted by molar-refractivity contribution is -0.116. The predicted molar refractivity (Wildman–Crippen MR) is 77.5 cm³/mol. The molecule has 4 nitrogen and oxygen atoms in total. The molecule has 104 valence electrons. The van der Waals surface area contributed by atoms with E-state index >= 15 is 0 Å². The van der Waals surface area contributed by atoms with Crippen LogP contribution in [0.15, 0.2) is 24.3 Å². The van der Waals surface area contributed by atoms with Crippen molar-refractivity contribution in [1.82, 2.24) is 5.32 Å². The third-order valence-electron chi connectivity index (χ3n) is 2.81. The van der Waals surface area contributed by atoms with Gasteiger partial charge < -0.3 is 10.6 Å². The lowest BCUT2D eigenvalue weighted by atomic mass is 10.1. The summed E-state index contributed by atoms with van der Waals surface area (Å²) in [5.41, 5.74) is 1.38. The summed E-state index contributed by atoms with van der Waals surface area (Å²) in [7, 11) is 0. The summed E-state index contributed by atoms with van der Waals surface area (Å²) >= 11 is 0. The Morgan fingerprint density at radius 3 is 2.37 bits per heavy atom. The minimum atomic E-state index is -0.0143. The molecule has 19 heavy (non-hydrogen) atoms. The number of benzene rings is 1. The molecular weight excluding hydrogens is 240 g/mol. The van der Waals surface area contributed by atoms with Crippen molar-refractivity contribution in [1.29, 1.82) is 0 Å². The molecule has 0 fully saturated rings. The first-order valence-corrected chi connectivity index (χ1v) is 6.75. The van der Waals surface area contributed by atoms with E-state index < -0.39 is 0 Å². The summed E-state index contributed by atoms with van der Waals surface area (Å²) in [5, 5.41) is 6.03. The van der Waals surface area contributed by atoms with Crippen molar-refractivity contribution in [2.45, 2.75) is 33.1 Å². The van der Waals surface area contributed by atoms with Gasteiger partial charge in [0.1, 0.15) is 0 Å². The van der Waals surface area contributed by atoms with Gasteiger partial charge in [0, 0.05) is 24.2 Å². The topological polar surface area (TPSA) is 58.2 Å². The maximum atomic E-state index is 11.6. The number of rotatable bonds is 8. The second kappa shape index (κ2) is 8.43. The molecule has 0 saturated carbocycles. The molecule has 0 aliphatic heterocycles. The summed E-state index contributed by atoms with van der Waals surface area (Å²) in [5.74, 6) is 0.0116. The zero-order chi connectivity index (χ0) is 14.1. The number of hydrogen-bond donors (Lipinski definition) is 2. The maximum Gasteiger partial charge on any atom is 0.225 e. The number of Topliss-reactive ketones (excluding diaryl/α,β-unsaturated/α-hetero) is 1. The summed E-state index contributed by atoms with van der Waals surface area (Å²) in [6.45, 7) is 5.31.